The second-order valence-corrected chi connectivity index (χ2v) is 6.41. The van der Waals surface area contributed by atoms with Gasteiger partial charge in [-0.25, -0.2) is 0 Å². The van der Waals surface area contributed by atoms with Crippen molar-refractivity contribution >= 4 is 5.97 Å². The lowest BCUT2D eigenvalue weighted by Crippen LogP contribution is -2.49. The molecule has 1 aromatic rings. The standard InChI is InChI=1S/C17H23NO3/c1-10-4-6-11(7-5-10)12-8-13-15(19)9-14(18(13)2)16(12)17(20)21-3/h4-7,12-16,19H,8-9H2,1-3H3/t12-,13-,14?,15-,16-/m0/s1. The van der Waals surface area contributed by atoms with Gasteiger partial charge in [0.15, 0.2) is 0 Å². The minimum Gasteiger partial charge on any atom is -0.469 e. The molecule has 0 aromatic heterocycles. The smallest absolute Gasteiger partial charge is 0.310 e. The van der Waals surface area contributed by atoms with Gasteiger partial charge in [-0.3, -0.25) is 9.69 Å². The summed E-state index contributed by atoms with van der Waals surface area (Å²) < 4.78 is 5.05. The molecule has 21 heavy (non-hydrogen) atoms. The number of hydrogen-bond donors (Lipinski definition) is 1. The molecule has 2 saturated heterocycles. The number of benzene rings is 1. The van der Waals surface area contributed by atoms with Gasteiger partial charge in [0.25, 0.3) is 0 Å². The molecule has 1 aromatic carbocycles. The van der Waals surface area contributed by atoms with E-state index in [4.69, 9.17) is 4.74 Å². The molecule has 2 aliphatic heterocycles. The van der Waals surface area contributed by atoms with Crippen molar-refractivity contribution in [1.82, 2.24) is 4.90 Å². The van der Waals surface area contributed by atoms with E-state index in [0.29, 0.717) is 6.42 Å². The molecule has 5 atom stereocenters. The number of aliphatic hydroxyl groups is 1. The quantitative estimate of drug-likeness (QED) is 0.842. The molecule has 0 amide bonds. The molecule has 2 fully saturated rings. The molecule has 0 aliphatic carbocycles. The monoisotopic (exact) mass is 289 g/mol. The van der Waals surface area contributed by atoms with Crippen LogP contribution in [-0.2, 0) is 9.53 Å². The van der Waals surface area contributed by atoms with Crippen LogP contribution in [0, 0.1) is 12.8 Å². The molecule has 114 valence electrons. The van der Waals surface area contributed by atoms with Crippen molar-refractivity contribution in [3.63, 3.8) is 0 Å². The zero-order chi connectivity index (χ0) is 15.1. The third kappa shape index (κ3) is 2.36. The van der Waals surface area contributed by atoms with Crippen LogP contribution in [0.5, 0.6) is 0 Å². The summed E-state index contributed by atoms with van der Waals surface area (Å²) in [4.78, 5) is 14.5. The van der Waals surface area contributed by atoms with Crippen LogP contribution in [0.25, 0.3) is 0 Å². The number of hydrogen-bond acceptors (Lipinski definition) is 4. The Balaban J connectivity index is 1.97. The molecular weight excluding hydrogens is 266 g/mol. The van der Waals surface area contributed by atoms with Crippen molar-refractivity contribution in [2.75, 3.05) is 14.2 Å². The van der Waals surface area contributed by atoms with E-state index >= 15 is 0 Å². The number of aryl methyl sites for hydroxylation is 1. The molecule has 3 rings (SSSR count). The Kier molecular flexibility index (Phi) is 3.76. The molecular formula is C17H23NO3. The number of aliphatic hydroxyl groups excluding tert-OH is 1. The highest BCUT2D eigenvalue weighted by atomic mass is 16.5. The van der Waals surface area contributed by atoms with Crippen LogP contribution < -0.4 is 0 Å². The average Bonchev–Trinajstić information content (AvgIpc) is 2.66. The fourth-order valence-electron chi connectivity index (χ4n) is 4.10. The van der Waals surface area contributed by atoms with Crippen molar-refractivity contribution in [3.8, 4) is 0 Å². The number of nitrogens with zero attached hydrogens (tertiary/aromatic N) is 1. The first-order valence-corrected chi connectivity index (χ1v) is 7.57. The number of carbonyl (C=O) groups is 1. The predicted octanol–water partition coefficient (Wildman–Crippen LogP) is 1.71. The van der Waals surface area contributed by atoms with Gasteiger partial charge >= 0.3 is 5.97 Å². The average molecular weight is 289 g/mol. The number of likely N-dealkylation sites (N-methyl/N-ethyl adjacent to an activating group) is 1. The van der Waals surface area contributed by atoms with E-state index in [1.54, 1.807) is 0 Å². The van der Waals surface area contributed by atoms with Gasteiger partial charge in [-0.1, -0.05) is 29.8 Å². The molecule has 0 saturated carbocycles. The summed E-state index contributed by atoms with van der Waals surface area (Å²) in [6, 6.07) is 8.58. The van der Waals surface area contributed by atoms with Crippen molar-refractivity contribution in [3.05, 3.63) is 35.4 Å². The Morgan fingerprint density at radius 1 is 1.24 bits per heavy atom. The normalized spacial score (nSPS) is 35.7. The highest BCUT2D eigenvalue weighted by Gasteiger charge is 2.53. The van der Waals surface area contributed by atoms with Crippen LogP contribution in [0.2, 0.25) is 0 Å². The Bertz CT molecular complexity index is 527. The summed E-state index contributed by atoms with van der Waals surface area (Å²) in [6.07, 6.45) is 1.11. The van der Waals surface area contributed by atoms with Crippen LogP contribution >= 0.6 is 0 Å². The van der Waals surface area contributed by atoms with Gasteiger partial charge in [0.05, 0.1) is 19.1 Å². The fraction of sp³-hybridized carbons (Fsp3) is 0.588. The Morgan fingerprint density at radius 2 is 1.90 bits per heavy atom. The number of esters is 1. The lowest BCUT2D eigenvalue weighted by molar-refractivity contribution is -0.150. The first kappa shape index (κ1) is 14.5. The minimum absolute atomic E-state index is 0.0671. The highest BCUT2D eigenvalue weighted by Crippen LogP contribution is 2.46. The maximum Gasteiger partial charge on any atom is 0.310 e. The number of ether oxygens (including phenoxy) is 1. The van der Waals surface area contributed by atoms with Crippen LogP contribution in [0.1, 0.15) is 29.9 Å². The first-order chi connectivity index (χ1) is 10.0. The van der Waals surface area contributed by atoms with Gasteiger partial charge in [0.1, 0.15) is 0 Å². The number of methoxy groups -OCH3 is 1. The summed E-state index contributed by atoms with van der Waals surface area (Å²) in [5.41, 5.74) is 2.39. The second-order valence-electron chi connectivity index (χ2n) is 6.41. The maximum atomic E-state index is 12.3. The van der Waals surface area contributed by atoms with Crippen molar-refractivity contribution in [2.24, 2.45) is 5.92 Å². The number of piperidine rings is 1. The third-order valence-corrected chi connectivity index (χ3v) is 5.30. The number of rotatable bonds is 2. The molecule has 4 heteroatoms. The second kappa shape index (κ2) is 5.43. The fourth-order valence-corrected chi connectivity index (χ4v) is 4.10. The zero-order valence-corrected chi connectivity index (χ0v) is 12.8. The summed E-state index contributed by atoms with van der Waals surface area (Å²) in [6.45, 7) is 2.06. The van der Waals surface area contributed by atoms with Crippen LogP contribution in [0.15, 0.2) is 24.3 Å². The van der Waals surface area contributed by atoms with E-state index in [2.05, 4.69) is 36.1 Å². The summed E-state index contributed by atoms with van der Waals surface area (Å²) >= 11 is 0. The summed E-state index contributed by atoms with van der Waals surface area (Å²) in [5, 5.41) is 10.3. The van der Waals surface area contributed by atoms with E-state index in [1.807, 2.05) is 7.05 Å². The predicted molar refractivity (Wildman–Crippen MR) is 80.0 cm³/mol. The van der Waals surface area contributed by atoms with Crippen LogP contribution in [0.4, 0.5) is 0 Å². The van der Waals surface area contributed by atoms with Gasteiger partial charge in [0.2, 0.25) is 0 Å². The van der Waals surface area contributed by atoms with Gasteiger partial charge in [-0.05, 0) is 32.4 Å². The third-order valence-electron chi connectivity index (χ3n) is 5.30. The molecule has 0 radical (unpaired) electrons. The molecule has 1 unspecified atom stereocenters. The number of carbonyl (C=O) groups excluding carboxylic acids is 1. The van der Waals surface area contributed by atoms with E-state index in [1.165, 1.54) is 18.2 Å². The zero-order valence-electron chi connectivity index (χ0n) is 12.8. The van der Waals surface area contributed by atoms with Gasteiger partial charge in [0, 0.05) is 18.0 Å². The topological polar surface area (TPSA) is 49.8 Å². The summed E-state index contributed by atoms with van der Waals surface area (Å²) in [7, 11) is 3.46. The molecule has 4 nitrogen and oxygen atoms in total. The van der Waals surface area contributed by atoms with Crippen LogP contribution in [0.3, 0.4) is 0 Å². The lowest BCUT2D eigenvalue weighted by Gasteiger charge is -2.41. The molecule has 2 aliphatic rings. The Hall–Kier alpha value is -1.39. The lowest BCUT2D eigenvalue weighted by atomic mass is 9.76. The minimum atomic E-state index is -0.345. The molecule has 2 bridgehead atoms. The largest absolute Gasteiger partial charge is 0.469 e. The molecule has 0 spiro atoms. The van der Waals surface area contributed by atoms with Crippen LogP contribution in [-0.4, -0.2) is 48.3 Å². The van der Waals surface area contributed by atoms with E-state index < -0.39 is 0 Å². The highest BCUT2D eigenvalue weighted by molar-refractivity contribution is 5.75. The van der Waals surface area contributed by atoms with Gasteiger partial charge in [-0.15, -0.1) is 0 Å². The van der Waals surface area contributed by atoms with E-state index in [9.17, 15) is 9.90 Å². The maximum absolute atomic E-state index is 12.3. The summed E-state index contributed by atoms with van der Waals surface area (Å²) in [5.74, 6) is -0.234. The Morgan fingerprint density at radius 3 is 2.52 bits per heavy atom. The SMILES string of the molecule is COC(=O)[C@@H]1C2C[C@H](O)[C@H](C[C@H]1c1ccc(C)cc1)N2C. The van der Waals surface area contributed by atoms with Crippen molar-refractivity contribution < 1.29 is 14.6 Å². The van der Waals surface area contributed by atoms with Crippen molar-refractivity contribution in [2.45, 2.75) is 43.9 Å². The molecule has 2 heterocycles. The van der Waals surface area contributed by atoms with Gasteiger partial charge < -0.3 is 9.84 Å². The van der Waals surface area contributed by atoms with Gasteiger partial charge in [-0.2, -0.15) is 0 Å². The van der Waals surface area contributed by atoms with E-state index in [0.717, 1.165) is 6.42 Å². The number of fused-ring (bicyclic) bond motifs is 2. The van der Waals surface area contributed by atoms with E-state index in [-0.39, 0.29) is 36.0 Å². The molecule has 1 N–H and O–H groups in total. The van der Waals surface area contributed by atoms with Crippen molar-refractivity contribution in [1.29, 1.82) is 0 Å². The Labute approximate surface area is 125 Å². The first-order valence-electron chi connectivity index (χ1n) is 7.57.